The van der Waals surface area contributed by atoms with Gasteiger partial charge in [-0.25, -0.2) is 9.67 Å². The van der Waals surface area contributed by atoms with Gasteiger partial charge in [-0.15, -0.1) is 12.3 Å². The van der Waals surface area contributed by atoms with Gasteiger partial charge in [-0.2, -0.15) is 5.10 Å². The summed E-state index contributed by atoms with van der Waals surface area (Å²) in [5.74, 6) is 2.76. The molecule has 1 aliphatic heterocycles. The molecule has 1 atom stereocenters. The van der Waals surface area contributed by atoms with Crippen LogP contribution < -0.4 is 4.90 Å². The molecule has 0 radical (unpaired) electrons. The quantitative estimate of drug-likeness (QED) is 0.787. The van der Waals surface area contributed by atoms with E-state index >= 15 is 0 Å². The van der Waals surface area contributed by atoms with E-state index in [2.05, 4.69) is 16.0 Å². The molecule has 1 aromatic heterocycles. The van der Waals surface area contributed by atoms with Crippen molar-refractivity contribution in [2.75, 3.05) is 11.4 Å². The van der Waals surface area contributed by atoms with E-state index in [0.29, 0.717) is 19.5 Å². The van der Waals surface area contributed by atoms with Crippen molar-refractivity contribution < 1.29 is 4.79 Å². The highest BCUT2D eigenvalue weighted by molar-refractivity contribution is 5.96. The van der Waals surface area contributed by atoms with Crippen LogP contribution in [0.3, 0.4) is 0 Å². The van der Waals surface area contributed by atoms with E-state index in [9.17, 15) is 4.79 Å². The van der Waals surface area contributed by atoms with Gasteiger partial charge in [0.1, 0.15) is 12.7 Å². The van der Waals surface area contributed by atoms with Gasteiger partial charge in [0.2, 0.25) is 5.91 Å². The number of anilines is 1. The lowest BCUT2D eigenvalue weighted by atomic mass is 10.1. The molecular formula is C15H14N4O. The molecule has 1 fully saturated rings. The summed E-state index contributed by atoms with van der Waals surface area (Å²) in [7, 11) is 0. The second-order valence-electron chi connectivity index (χ2n) is 4.84. The first kappa shape index (κ1) is 12.4. The van der Waals surface area contributed by atoms with Crippen molar-refractivity contribution in [3.05, 3.63) is 42.5 Å². The fourth-order valence-electron chi connectivity index (χ4n) is 2.39. The fraction of sp³-hybridized carbons (Fsp3) is 0.267. The maximum absolute atomic E-state index is 12.0. The Morgan fingerprint density at radius 3 is 3.05 bits per heavy atom. The number of nitrogens with zero attached hydrogens (tertiary/aromatic N) is 4. The van der Waals surface area contributed by atoms with Gasteiger partial charge in [0, 0.05) is 24.6 Å². The van der Waals surface area contributed by atoms with E-state index in [1.807, 2.05) is 24.3 Å². The summed E-state index contributed by atoms with van der Waals surface area (Å²) in [5, 5.41) is 4.08. The van der Waals surface area contributed by atoms with E-state index < -0.39 is 0 Å². The normalized spacial score (nSPS) is 18.2. The molecule has 1 aliphatic rings. The lowest BCUT2D eigenvalue weighted by molar-refractivity contribution is -0.117. The molecule has 0 aliphatic carbocycles. The van der Waals surface area contributed by atoms with E-state index in [1.165, 1.54) is 6.33 Å². The molecule has 3 rings (SSSR count). The van der Waals surface area contributed by atoms with Crippen LogP contribution in [0.4, 0.5) is 5.69 Å². The molecular weight excluding hydrogens is 252 g/mol. The molecule has 1 unspecified atom stereocenters. The first-order valence-corrected chi connectivity index (χ1v) is 6.44. The number of carbonyl (C=O) groups excluding carboxylic acids is 1. The van der Waals surface area contributed by atoms with Gasteiger partial charge in [0.05, 0.1) is 6.54 Å². The Kier molecular flexibility index (Phi) is 3.21. The molecule has 1 amide bonds. The van der Waals surface area contributed by atoms with Gasteiger partial charge >= 0.3 is 0 Å². The Balaban J connectivity index is 1.81. The summed E-state index contributed by atoms with van der Waals surface area (Å²) < 4.78 is 1.75. The topological polar surface area (TPSA) is 51.0 Å². The van der Waals surface area contributed by atoms with Crippen molar-refractivity contribution in [2.24, 2.45) is 5.92 Å². The van der Waals surface area contributed by atoms with Crippen LogP contribution in [0, 0.1) is 18.3 Å². The molecule has 0 N–H and O–H groups in total. The SMILES string of the molecule is C#CC1CC(=O)N(c2cccc(Cn3cncn3)c2)C1. The summed E-state index contributed by atoms with van der Waals surface area (Å²) in [6, 6.07) is 7.88. The molecule has 20 heavy (non-hydrogen) atoms. The molecule has 5 nitrogen and oxygen atoms in total. The van der Waals surface area contributed by atoms with Crippen LogP contribution in [0.25, 0.3) is 0 Å². The van der Waals surface area contributed by atoms with Crippen molar-refractivity contribution in [1.29, 1.82) is 0 Å². The molecule has 2 heterocycles. The van der Waals surface area contributed by atoms with Crippen molar-refractivity contribution >= 4 is 11.6 Å². The standard InChI is InChI=1S/C15H14N4O/c1-2-12-7-15(20)19(9-12)14-5-3-4-13(6-14)8-18-11-16-10-17-18/h1,3-6,10-12H,7-9H2. The van der Waals surface area contributed by atoms with Gasteiger partial charge in [-0.3, -0.25) is 4.79 Å². The third kappa shape index (κ3) is 2.41. The highest BCUT2D eigenvalue weighted by Gasteiger charge is 2.29. The Bertz CT molecular complexity index is 657. The van der Waals surface area contributed by atoms with Crippen molar-refractivity contribution in [1.82, 2.24) is 14.8 Å². The second kappa shape index (κ2) is 5.17. The summed E-state index contributed by atoms with van der Waals surface area (Å²) in [4.78, 5) is 17.7. The third-order valence-corrected chi connectivity index (χ3v) is 3.39. The van der Waals surface area contributed by atoms with Crippen molar-refractivity contribution in [3.8, 4) is 12.3 Å². The molecule has 2 aromatic rings. The van der Waals surface area contributed by atoms with Crippen LogP contribution >= 0.6 is 0 Å². The zero-order chi connectivity index (χ0) is 13.9. The largest absolute Gasteiger partial charge is 0.311 e. The predicted molar refractivity (Wildman–Crippen MR) is 74.9 cm³/mol. The molecule has 0 bridgehead atoms. The highest BCUT2D eigenvalue weighted by Crippen LogP contribution is 2.25. The first-order chi connectivity index (χ1) is 9.76. The van der Waals surface area contributed by atoms with Crippen LogP contribution in [0.2, 0.25) is 0 Å². The Labute approximate surface area is 117 Å². The Morgan fingerprint density at radius 1 is 1.45 bits per heavy atom. The lowest BCUT2D eigenvalue weighted by Gasteiger charge is -2.17. The number of benzene rings is 1. The third-order valence-electron chi connectivity index (χ3n) is 3.39. The van der Waals surface area contributed by atoms with E-state index in [4.69, 9.17) is 6.42 Å². The van der Waals surface area contributed by atoms with Gasteiger partial charge < -0.3 is 4.90 Å². The monoisotopic (exact) mass is 266 g/mol. The predicted octanol–water partition coefficient (Wildman–Crippen LogP) is 1.31. The molecule has 5 heteroatoms. The minimum absolute atomic E-state index is 0.0153. The number of carbonyl (C=O) groups is 1. The summed E-state index contributed by atoms with van der Waals surface area (Å²) in [5.41, 5.74) is 1.97. The average molecular weight is 266 g/mol. The summed E-state index contributed by atoms with van der Waals surface area (Å²) in [6.07, 6.45) is 9.02. The molecule has 0 saturated carbocycles. The fourth-order valence-corrected chi connectivity index (χ4v) is 2.39. The molecule has 1 aromatic carbocycles. The maximum atomic E-state index is 12.0. The lowest BCUT2D eigenvalue weighted by Crippen LogP contribution is -2.24. The minimum atomic E-state index is 0.0153. The summed E-state index contributed by atoms with van der Waals surface area (Å²) >= 11 is 0. The Morgan fingerprint density at radius 2 is 2.35 bits per heavy atom. The highest BCUT2D eigenvalue weighted by atomic mass is 16.2. The van der Waals surface area contributed by atoms with Crippen molar-refractivity contribution in [2.45, 2.75) is 13.0 Å². The first-order valence-electron chi connectivity index (χ1n) is 6.44. The maximum Gasteiger partial charge on any atom is 0.228 e. The molecule has 1 saturated heterocycles. The average Bonchev–Trinajstić information content (AvgIpc) is 3.08. The number of hydrogen-bond donors (Lipinski definition) is 0. The Hall–Kier alpha value is -2.61. The van der Waals surface area contributed by atoms with E-state index in [0.717, 1.165) is 11.3 Å². The number of aromatic nitrogens is 3. The van der Waals surface area contributed by atoms with E-state index in [1.54, 1.807) is 15.9 Å². The van der Waals surface area contributed by atoms with E-state index in [-0.39, 0.29) is 11.8 Å². The van der Waals surface area contributed by atoms with Crippen molar-refractivity contribution in [3.63, 3.8) is 0 Å². The van der Waals surface area contributed by atoms with Crippen LogP contribution in [-0.2, 0) is 11.3 Å². The van der Waals surface area contributed by atoms with Crippen LogP contribution in [0.1, 0.15) is 12.0 Å². The zero-order valence-electron chi connectivity index (χ0n) is 10.9. The van der Waals surface area contributed by atoms with Gasteiger partial charge in [-0.1, -0.05) is 12.1 Å². The van der Waals surface area contributed by atoms with Gasteiger partial charge in [0.15, 0.2) is 0 Å². The van der Waals surface area contributed by atoms with Crippen LogP contribution in [0.15, 0.2) is 36.9 Å². The molecule has 100 valence electrons. The number of amides is 1. The molecule has 0 spiro atoms. The van der Waals surface area contributed by atoms with Crippen LogP contribution in [-0.4, -0.2) is 27.2 Å². The number of hydrogen-bond acceptors (Lipinski definition) is 3. The number of rotatable bonds is 3. The zero-order valence-corrected chi connectivity index (χ0v) is 10.9. The summed E-state index contributed by atoms with van der Waals surface area (Å²) in [6.45, 7) is 1.23. The smallest absolute Gasteiger partial charge is 0.228 e. The minimum Gasteiger partial charge on any atom is -0.311 e. The van der Waals surface area contributed by atoms with Gasteiger partial charge in [-0.05, 0) is 17.7 Å². The van der Waals surface area contributed by atoms with Gasteiger partial charge in [0.25, 0.3) is 0 Å². The number of terminal acetylenes is 1. The second-order valence-corrected chi connectivity index (χ2v) is 4.84. The van der Waals surface area contributed by atoms with Crippen LogP contribution in [0.5, 0.6) is 0 Å².